The van der Waals surface area contributed by atoms with Crippen molar-refractivity contribution in [2.75, 3.05) is 24.3 Å². The highest BCUT2D eigenvalue weighted by Crippen LogP contribution is 2.31. The highest BCUT2D eigenvalue weighted by molar-refractivity contribution is 6.08. The first-order chi connectivity index (χ1) is 15.2. The zero-order valence-electron chi connectivity index (χ0n) is 18.1. The summed E-state index contributed by atoms with van der Waals surface area (Å²) in [6.45, 7) is 0.874. The van der Waals surface area contributed by atoms with Crippen LogP contribution >= 0.6 is 0 Å². The van der Waals surface area contributed by atoms with Crippen molar-refractivity contribution in [3.63, 3.8) is 0 Å². The molecule has 0 radical (unpaired) electrons. The van der Waals surface area contributed by atoms with Crippen molar-refractivity contribution in [2.45, 2.75) is 12.8 Å². The van der Waals surface area contributed by atoms with Gasteiger partial charge in [-0.05, 0) is 36.4 Å². The highest BCUT2D eigenvalue weighted by Gasteiger charge is 2.24. The predicted molar refractivity (Wildman–Crippen MR) is 125 cm³/mol. The second-order valence-corrected chi connectivity index (χ2v) is 7.94. The van der Waals surface area contributed by atoms with Gasteiger partial charge in [0.05, 0.1) is 16.9 Å². The predicted octanol–water partition coefficient (Wildman–Crippen LogP) is 6.33. The van der Waals surface area contributed by atoms with Crippen LogP contribution in [0, 0.1) is 0 Å². The number of fused-ring (bicyclic) bond motifs is 1. The number of nitrogens with zero attached hydrogens (tertiary/aromatic N) is 2. The number of rotatable bonds is 5. The Bertz CT molecular complexity index is 1300. The van der Waals surface area contributed by atoms with E-state index in [4.69, 9.17) is 4.98 Å². The molecule has 4 nitrogen and oxygen atoms in total. The summed E-state index contributed by atoms with van der Waals surface area (Å²) < 4.78 is 27.6. The maximum absolute atomic E-state index is 13.8. The smallest absolute Gasteiger partial charge is 0.270 e. The standard InChI is InChI=1S/C26H23F2N3O/c1-26(27,28)20-10-4-8-18(15-20)22-14-13-17-7-6-12-23(24(17)29-22)30-25(32)19-9-5-11-21(16-19)31(2)3/h4-16H,1-3H3,(H,30,32). The van der Waals surface area contributed by atoms with E-state index < -0.39 is 5.92 Å². The first-order valence-corrected chi connectivity index (χ1v) is 10.2. The molecule has 0 saturated carbocycles. The van der Waals surface area contributed by atoms with E-state index in [0.717, 1.165) is 18.0 Å². The lowest BCUT2D eigenvalue weighted by Crippen LogP contribution is -2.14. The summed E-state index contributed by atoms with van der Waals surface area (Å²) in [5, 5.41) is 3.78. The van der Waals surface area contributed by atoms with Crippen molar-refractivity contribution < 1.29 is 13.6 Å². The number of hydrogen-bond acceptors (Lipinski definition) is 3. The van der Waals surface area contributed by atoms with E-state index in [9.17, 15) is 13.6 Å². The van der Waals surface area contributed by atoms with Gasteiger partial charge in [-0.2, -0.15) is 0 Å². The Morgan fingerprint density at radius 2 is 1.69 bits per heavy atom. The minimum absolute atomic E-state index is 0.0701. The van der Waals surface area contributed by atoms with Crippen LogP contribution in [0.2, 0.25) is 0 Å². The van der Waals surface area contributed by atoms with Gasteiger partial charge >= 0.3 is 0 Å². The first kappa shape index (κ1) is 21.4. The summed E-state index contributed by atoms with van der Waals surface area (Å²) in [6.07, 6.45) is 0. The number of para-hydroxylation sites is 1. The zero-order valence-corrected chi connectivity index (χ0v) is 18.1. The fraction of sp³-hybridized carbons (Fsp3) is 0.154. The average Bonchev–Trinajstić information content (AvgIpc) is 2.78. The molecule has 0 unspecified atom stereocenters. The van der Waals surface area contributed by atoms with Crippen LogP contribution in [0.5, 0.6) is 0 Å². The number of aromatic nitrogens is 1. The summed E-state index contributed by atoms with van der Waals surface area (Å²) in [4.78, 5) is 19.5. The van der Waals surface area contributed by atoms with Gasteiger partial charge in [-0.1, -0.05) is 42.5 Å². The second-order valence-electron chi connectivity index (χ2n) is 7.94. The largest absolute Gasteiger partial charge is 0.378 e. The Labute approximate surface area is 185 Å². The number of carbonyl (C=O) groups is 1. The Morgan fingerprint density at radius 3 is 2.44 bits per heavy atom. The van der Waals surface area contributed by atoms with Crippen LogP contribution < -0.4 is 10.2 Å². The molecule has 32 heavy (non-hydrogen) atoms. The van der Waals surface area contributed by atoms with Gasteiger partial charge in [0.1, 0.15) is 0 Å². The molecule has 0 aliphatic rings. The number of benzene rings is 3. The van der Waals surface area contributed by atoms with Gasteiger partial charge in [-0.15, -0.1) is 0 Å². The van der Waals surface area contributed by atoms with Crippen molar-refractivity contribution in [3.05, 3.63) is 90.0 Å². The maximum atomic E-state index is 13.8. The Kier molecular flexibility index (Phi) is 5.61. The van der Waals surface area contributed by atoms with Crippen LogP contribution in [0.4, 0.5) is 20.2 Å². The molecule has 4 aromatic rings. The lowest BCUT2D eigenvalue weighted by molar-refractivity contribution is 0.0175. The third kappa shape index (κ3) is 4.44. The Hall–Kier alpha value is -3.80. The molecular weight excluding hydrogens is 408 g/mol. The number of anilines is 2. The van der Waals surface area contributed by atoms with Crippen LogP contribution in [-0.2, 0) is 5.92 Å². The summed E-state index contributed by atoms with van der Waals surface area (Å²) in [5.74, 6) is -3.19. The molecule has 1 aromatic heterocycles. The van der Waals surface area contributed by atoms with Gasteiger partial charge in [-0.25, -0.2) is 13.8 Å². The van der Waals surface area contributed by atoms with Crippen LogP contribution in [0.15, 0.2) is 78.9 Å². The summed E-state index contributed by atoms with van der Waals surface area (Å²) in [6, 6.07) is 22.7. The van der Waals surface area contributed by atoms with E-state index in [-0.39, 0.29) is 11.5 Å². The molecule has 0 saturated heterocycles. The minimum Gasteiger partial charge on any atom is -0.378 e. The summed E-state index contributed by atoms with van der Waals surface area (Å²) >= 11 is 0. The molecule has 4 rings (SSSR count). The SMILES string of the molecule is CN(C)c1cccc(C(=O)Nc2cccc3ccc(-c4cccc(C(C)(F)F)c4)nc23)c1. The normalized spacial score (nSPS) is 11.4. The number of carbonyl (C=O) groups excluding carboxylic acids is 1. The molecule has 0 aliphatic heterocycles. The van der Waals surface area contributed by atoms with Gasteiger partial charge in [-0.3, -0.25) is 4.79 Å². The fourth-order valence-corrected chi connectivity index (χ4v) is 3.48. The van der Waals surface area contributed by atoms with E-state index in [0.29, 0.717) is 28.0 Å². The molecule has 0 fully saturated rings. The molecular formula is C26H23F2N3O. The Balaban J connectivity index is 1.71. The van der Waals surface area contributed by atoms with Crippen molar-refractivity contribution >= 4 is 28.2 Å². The van der Waals surface area contributed by atoms with Crippen LogP contribution in [0.1, 0.15) is 22.8 Å². The first-order valence-electron chi connectivity index (χ1n) is 10.2. The molecule has 1 N–H and O–H groups in total. The molecule has 3 aromatic carbocycles. The highest BCUT2D eigenvalue weighted by atomic mass is 19.3. The topological polar surface area (TPSA) is 45.2 Å². The van der Waals surface area contributed by atoms with Crippen molar-refractivity contribution in [2.24, 2.45) is 0 Å². The van der Waals surface area contributed by atoms with E-state index in [1.807, 2.05) is 55.4 Å². The van der Waals surface area contributed by atoms with Crippen LogP contribution in [0.3, 0.4) is 0 Å². The Morgan fingerprint density at radius 1 is 0.938 bits per heavy atom. The second kappa shape index (κ2) is 8.38. The molecule has 0 bridgehead atoms. The van der Waals surface area contributed by atoms with E-state index >= 15 is 0 Å². The monoisotopic (exact) mass is 431 g/mol. The maximum Gasteiger partial charge on any atom is 0.270 e. The van der Waals surface area contributed by atoms with Gasteiger partial charge in [0.15, 0.2) is 0 Å². The average molecular weight is 431 g/mol. The number of amides is 1. The summed E-state index contributed by atoms with van der Waals surface area (Å²) in [5.41, 5.74) is 3.67. The molecule has 1 heterocycles. The van der Waals surface area contributed by atoms with Crippen LogP contribution in [0.25, 0.3) is 22.2 Å². The third-order valence-electron chi connectivity index (χ3n) is 5.26. The molecule has 0 atom stereocenters. The van der Waals surface area contributed by atoms with Gasteiger partial charge in [0.25, 0.3) is 11.8 Å². The van der Waals surface area contributed by atoms with E-state index in [1.54, 1.807) is 30.3 Å². The molecule has 1 amide bonds. The zero-order chi connectivity index (χ0) is 22.9. The molecule has 162 valence electrons. The number of nitrogens with one attached hydrogen (secondary N) is 1. The number of halogens is 2. The van der Waals surface area contributed by atoms with Crippen molar-refractivity contribution in [3.8, 4) is 11.3 Å². The van der Waals surface area contributed by atoms with E-state index in [2.05, 4.69) is 5.32 Å². The number of pyridine rings is 1. The molecule has 0 aliphatic carbocycles. The van der Waals surface area contributed by atoms with Crippen molar-refractivity contribution in [1.82, 2.24) is 4.98 Å². The van der Waals surface area contributed by atoms with Crippen molar-refractivity contribution in [1.29, 1.82) is 0 Å². The van der Waals surface area contributed by atoms with Gasteiger partial charge in [0, 0.05) is 48.8 Å². The van der Waals surface area contributed by atoms with E-state index in [1.165, 1.54) is 12.1 Å². The lowest BCUT2D eigenvalue weighted by Gasteiger charge is -2.14. The van der Waals surface area contributed by atoms with Gasteiger partial charge in [0.2, 0.25) is 0 Å². The lowest BCUT2D eigenvalue weighted by atomic mass is 10.0. The number of alkyl halides is 2. The third-order valence-corrected chi connectivity index (χ3v) is 5.26. The number of hydrogen-bond donors (Lipinski definition) is 1. The van der Waals surface area contributed by atoms with Gasteiger partial charge < -0.3 is 10.2 Å². The molecule has 0 spiro atoms. The molecule has 6 heteroatoms. The fourth-order valence-electron chi connectivity index (χ4n) is 3.48. The van der Waals surface area contributed by atoms with Crippen LogP contribution in [-0.4, -0.2) is 25.0 Å². The quantitative estimate of drug-likeness (QED) is 0.401. The minimum atomic E-state index is -2.94. The summed E-state index contributed by atoms with van der Waals surface area (Å²) in [7, 11) is 3.83.